The van der Waals surface area contributed by atoms with Gasteiger partial charge < -0.3 is 20.3 Å². The maximum absolute atomic E-state index is 13.1. The highest BCUT2D eigenvalue weighted by Gasteiger charge is 2.24. The predicted molar refractivity (Wildman–Crippen MR) is 227 cm³/mol. The van der Waals surface area contributed by atoms with Gasteiger partial charge in [-0.25, -0.2) is 0 Å². The Labute approximate surface area is 329 Å². The average molecular weight is 750 g/mol. The smallest absolute Gasteiger partial charge is 0.306 e. The summed E-state index contributed by atoms with van der Waals surface area (Å²) in [6, 6.07) is -0.697. The SMILES string of the molecule is CCC/C=C\CCCCCC(CC(=O)NC(CO)C(O)CCCCCCCCCCCC)OC(=O)CCCCCCCCCCCCCCCCCC. The van der Waals surface area contributed by atoms with E-state index in [-0.39, 0.29) is 24.9 Å². The Morgan fingerprint density at radius 3 is 1.42 bits per heavy atom. The lowest BCUT2D eigenvalue weighted by molar-refractivity contribution is -0.151. The Morgan fingerprint density at radius 2 is 0.943 bits per heavy atom. The predicted octanol–water partition coefficient (Wildman–Crippen LogP) is 13.4. The lowest BCUT2D eigenvalue weighted by Gasteiger charge is -2.24. The molecule has 0 aromatic heterocycles. The summed E-state index contributed by atoms with van der Waals surface area (Å²) in [4.78, 5) is 25.9. The lowest BCUT2D eigenvalue weighted by Crippen LogP contribution is -2.46. The van der Waals surface area contributed by atoms with Crippen molar-refractivity contribution in [2.24, 2.45) is 0 Å². The number of allylic oxidation sites excluding steroid dienone is 2. The molecular formula is C47H91NO5. The molecule has 0 radical (unpaired) electrons. The van der Waals surface area contributed by atoms with E-state index in [0.29, 0.717) is 19.3 Å². The summed E-state index contributed by atoms with van der Waals surface area (Å²) >= 11 is 0. The number of unbranched alkanes of at least 4 members (excludes halogenated alkanes) is 28. The van der Waals surface area contributed by atoms with Crippen LogP contribution in [0.2, 0.25) is 0 Å². The second-order valence-corrected chi connectivity index (χ2v) is 16.2. The zero-order chi connectivity index (χ0) is 38.9. The summed E-state index contributed by atoms with van der Waals surface area (Å²) in [6.07, 6.45) is 44.3. The van der Waals surface area contributed by atoms with Crippen LogP contribution < -0.4 is 5.32 Å². The topological polar surface area (TPSA) is 95.9 Å². The van der Waals surface area contributed by atoms with Gasteiger partial charge in [-0.15, -0.1) is 0 Å². The van der Waals surface area contributed by atoms with Crippen molar-refractivity contribution in [1.82, 2.24) is 5.32 Å². The van der Waals surface area contributed by atoms with Crippen molar-refractivity contribution in [2.45, 2.75) is 270 Å². The number of rotatable bonds is 42. The molecule has 6 nitrogen and oxygen atoms in total. The maximum Gasteiger partial charge on any atom is 0.306 e. The quantitative estimate of drug-likeness (QED) is 0.0328. The molecule has 0 aromatic rings. The number of hydrogen-bond acceptors (Lipinski definition) is 5. The first-order valence-electron chi connectivity index (χ1n) is 23.4. The first kappa shape index (κ1) is 51.6. The molecule has 0 fully saturated rings. The highest BCUT2D eigenvalue weighted by molar-refractivity contribution is 5.77. The van der Waals surface area contributed by atoms with Crippen LogP contribution in [0.15, 0.2) is 12.2 Å². The largest absolute Gasteiger partial charge is 0.462 e. The summed E-state index contributed by atoms with van der Waals surface area (Å²) < 4.78 is 5.88. The number of aliphatic hydroxyl groups excluding tert-OH is 2. The second-order valence-electron chi connectivity index (χ2n) is 16.2. The molecule has 0 heterocycles. The normalized spacial score (nSPS) is 13.4. The zero-order valence-corrected chi connectivity index (χ0v) is 35.7. The number of nitrogens with one attached hydrogen (secondary N) is 1. The van der Waals surface area contributed by atoms with Gasteiger partial charge in [0.2, 0.25) is 5.91 Å². The fraction of sp³-hybridized carbons (Fsp3) is 0.915. The van der Waals surface area contributed by atoms with E-state index in [0.717, 1.165) is 70.6 Å². The number of aliphatic hydroxyl groups is 2. The minimum atomic E-state index is -0.783. The summed E-state index contributed by atoms with van der Waals surface area (Å²) in [5.41, 5.74) is 0. The van der Waals surface area contributed by atoms with Gasteiger partial charge >= 0.3 is 5.97 Å². The van der Waals surface area contributed by atoms with Gasteiger partial charge in [0.15, 0.2) is 0 Å². The van der Waals surface area contributed by atoms with Crippen molar-refractivity contribution in [1.29, 1.82) is 0 Å². The average Bonchev–Trinajstić information content (AvgIpc) is 3.15. The lowest BCUT2D eigenvalue weighted by atomic mass is 10.0. The van der Waals surface area contributed by atoms with Gasteiger partial charge in [-0.1, -0.05) is 206 Å². The van der Waals surface area contributed by atoms with Crippen molar-refractivity contribution in [3.8, 4) is 0 Å². The van der Waals surface area contributed by atoms with Gasteiger partial charge in [-0.05, 0) is 44.9 Å². The van der Waals surface area contributed by atoms with Gasteiger partial charge in [-0.2, -0.15) is 0 Å². The minimum absolute atomic E-state index is 0.0720. The van der Waals surface area contributed by atoms with Crippen LogP contribution in [0.5, 0.6) is 0 Å². The van der Waals surface area contributed by atoms with Crippen LogP contribution in [0.1, 0.15) is 252 Å². The van der Waals surface area contributed by atoms with Crippen molar-refractivity contribution in [3.05, 3.63) is 12.2 Å². The summed E-state index contributed by atoms with van der Waals surface area (Å²) in [5, 5.41) is 23.6. The van der Waals surface area contributed by atoms with Gasteiger partial charge in [0, 0.05) is 6.42 Å². The highest BCUT2D eigenvalue weighted by atomic mass is 16.5. The fourth-order valence-corrected chi connectivity index (χ4v) is 7.26. The summed E-state index contributed by atoms with van der Waals surface area (Å²) in [5.74, 6) is -0.482. The van der Waals surface area contributed by atoms with E-state index in [9.17, 15) is 19.8 Å². The molecule has 0 spiro atoms. The number of carbonyl (C=O) groups excluding carboxylic acids is 2. The van der Waals surface area contributed by atoms with Gasteiger partial charge in [-0.3, -0.25) is 9.59 Å². The number of amides is 1. The van der Waals surface area contributed by atoms with Crippen molar-refractivity contribution >= 4 is 11.9 Å². The number of carbonyl (C=O) groups is 2. The molecule has 3 unspecified atom stereocenters. The Morgan fingerprint density at radius 1 is 0.528 bits per heavy atom. The van der Waals surface area contributed by atoms with Crippen molar-refractivity contribution in [2.75, 3.05) is 6.61 Å². The zero-order valence-electron chi connectivity index (χ0n) is 35.7. The van der Waals surface area contributed by atoms with Crippen LogP contribution in [0, 0.1) is 0 Å². The van der Waals surface area contributed by atoms with Crippen LogP contribution in [-0.4, -0.2) is 46.9 Å². The van der Waals surface area contributed by atoms with Crippen LogP contribution >= 0.6 is 0 Å². The second kappa shape index (κ2) is 41.8. The molecule has 1 amide bonds. The molecule has 0 aliphatic rings. The van der Waals surface area contributed by atoms with Crippen LogP contribution in [0.3, 0.4) is 0 Å². The molecular weight excluding hydrogens is 659 g/mol. The molecule has 0 rings (SSSR count). The summed E-state index contributed by atoms with van der Waals surface area (Å²) in [6.45, 7) is 6.40. The van der Waals surface area contributed by atoms with Crippen molar-refractivity contribution < 1.29 is 24.5 Å². The van der Waals surface area contributed by atoms with Crippen LogP contribution in [0.4, 0.5) is 0 Å². The number of ether oxygens (including phenoxy) is 1. The maximum atomic E-state index is 13.1. The molecule has 6 heteroatoms. The molecule has 314 valence electrons. The molecule has 0 saturated heterocycles. The Hall–Kier alpha value is -1.40. The third-order valence-corrected chi connectivity index (χ3v) is 10.8. The van der Waals surface area contributed by atoms with E-state index < -0.39 is 18.2 Å². The Kier molecular flexibility index (Phi) is 40.7. The number of hydrogen-bond donors (Lipinski definition) is 3. The Balaban J connectivity index is 4.42. The fourth-order valence-electron chi connectivity index (χ4n) is 7.26. The third kappa shape index (κ3) is 37.3. The monoisotopic (exact) mass is 750 g/mol. The van der Waals surface area contributed by atoms with Crippen LogP contribution in [-0.2, 0) is 14.3 Å². The molecule has 0 aliphatic heterocycles. The summed E-state index contributed by atoms with van der Waals surface area (Å²) in [7, 11) is 0. The van der Waals surface area contributed by atoms with E-state index in [1.165, 1.54) is 135 Å². The highest BCUT2D eigenvalue weighted by Crippen LogP contribution is 2.18. The van der Waals surface area contributed by atoms with E-state index in [1.54, 1.807) is 0 Å². The first-order valence-corrected chi connectivity index (χ1v) is 23.4. The van der Waals surface area contributed by atoms with E-state index >= 15 is 0 Å². The van der Waals surface area contributed by atoms with Gasteiger partial charge in [0.05, 0.1) is 25.2 Å². The third-order valence-electron chi connectivity index (χ3n) is 10.8. The molecule has 53 heavy (non-hydrogen) atoms. The van der Waals surface area contributed by atoms with E-state index in [4.69, 9.17) is 4.74 Å². The molecule has 3 atom stereocenters. The standard InChI is InChI=1S/C47H91NO5/c1-4-7-10-13-16-19-21-22-23-24-25-26-28-31-34-37-40-47(52)53-43(38-35-32-29-18-15-12-9-6-3)41-46(51)48-44(42-49)45(50)39-36-33-30-27-20-17-14-11-8-5-2/h12,15,43-45,49-50H,4-11,13-14,16-42H2,1-3H3,(H,48,51)/b15-12-. The first-order chi connectivity index (χ1) is 26.0. The minimum Gasteiger partial charge on any atom is -0.462 e. The molecule has 0 aliphatic carbocycles. The van der Waals surface area contributed by atoms with E-state index in [1.807, 2.05) is 0 Å². The van der Waals surface area contributed by atoms with Crippen molar-refractivity contribution in [3.63, 3.8) is 0 Å². The van der Waals surface area contributed by atoms with Crippen LogP contribution in [0.25, 0.3) is 0 Å². The van der Waals surface area contributed by atoms with Gasteiger partial charge in [0.25, 0.3) is 0 Å². The number of esters is 1. The van der Waals surface area contributed by atoms with Gasteiger partial charge in [0.1, 0.15) is 6.10 Å². The molecule has 3 N–H and O–H groups in total. The Bertz CT molecular complexity index is 802. The molecule has 0 saturated carbocycles. The molecule has 0 aromatic carbocycles. The van der Waals surface area contributed by atoms with E-state index in [2.05, 4.69) is 38.2 Å². The molecule has 0 bridgehead atoms.